The van der Waals surface area contributed by atoms with Crippen molar-refractivity contribution in [2.24, 2.45) is 28.2 Å². The number of nitrogens with zero attached hydrogens (tertiary/aromatic N) is 1. The van der Waals surface area contributed by atoms with Gasteiger partial charge in [-0.3, -0.25) is 4.99 Å². The Morgan fingerprint density at radius 1 is 0.900 bits per heavy atom. The monoisotopic (exact) mass is 832 g/mol. The van der Waals surface area contributed by atoms with Gasteiger partial charge in [0.15, 0.2) is 0 Å². The molecule has 3 rings (SSSR count). The molecule has 1 atom stereocenters. The first-order valence-corrected chi connectivity index (χ1v) is 23.7. The van der Waals surface area contributed by atoms with E-state index in [0.717, 1.165) is 65.3 Å². The minimum absolute atomic E-state index is 0.0604. The first kappa shape index (κ1) is 65.9. The normalized spacial score (nSPS) is 16.5. The largest absolute Gasteiger partial charge is 0.261 e. The number of benzene rings is 1. The van der Waals surface area contributed by atoms with Gasteiger partial charge in [-0.15, -0.1) is 13.2 Å². The fraction of sp³-hybridized carbons (Fsp3) is 0.603. The zero-order valence-electron chi connectivity index (χ0n) is 43.7. The molecule has 0 aromatic heterocycles. The molecule has 1 aromatic carbocycles. The Balaban J connectivity index is -0.000000253. The predicted octanol–water partition coefficient (Wildman–Crippen LogP) is 20.5. The van der Waals surface area contributed by atoms with Crippen LogP contribution in [0.25, 0.3) is 5.57 Å². The fourth-order valence-electron chi connectivity index (χ4n) is 6.95. The van der Waals surface area contributed by atoms with Crippen molar-refractivity contribution in [2.75, 3.05) is 0 Å². The van der Waals surface area contributed by atoms with Crippen molar-refractivity contribution in [3.05, 3.63) is 127 Å². The van der Waals surface area contributed by atoms with E-state index in [1.165, 1.54) is 91.4 Å². The lowest BCUT2D eigenvalue weighted by molar-refractivity contribution is 0.233. The highest BCUT2D eigenvalue weighted by Gasteiger charge is 2.39. The van der Waals surface area contributed by atoms with Crippen LogP contribution < -0.4 is 0 Å². The third-order valence-corrected chi connectivity index (χ3v) is 10.8. The Morgan fingerprint density at radius 3 is 1.67 bits per heavy atom. The van der Waals surface area contributed by atoms with E-state index >= 15 is 0 Å². The summed E-state index contributed by atoms with van der Waals surface area (Å²) in [5, 5.41) is 0. The molecule has 2 aliphatic carbocycles. The van der Waals surface area contributed by atoms with Gasteiger partial charge in [0.05, 0.1) is 5.70 Å². The standard InChI is InChI=1S/C27H39N.C9H18.C6H7F.C6H12.C4H10.2C2H6.C2H4/c1-11-16-27(12-2,20(6)7)25-15-14-24(17-22(25)9)21(8)18-26(28-13-3)23(10)19(4)5;1-3-5-6-9(4-2)7-8-9;1-3-5-6(7)4-2;1-5-3-6(2)4-5;1-4(2)3;3*1-2/h13-15,17-18H,6,8,11-12,16H2,1-5,7,9-10H3;3-8H2,1-2H3;3-5H,1-2H2;5-6H,3-4H2,1-2H3;4H,1-3H3;2*1-2H3;1-2H2/b26-18+,28-13?;;6-5+;;;;;. The molecule has 346 valence electrons. The van der Waals surface area contributed by atoms with Gasteiger partial charge in [0, 0.05) is 11.6 Å². The highest BCUT2D eigenvalue weighted by molar-refractivity contribution is 5.75. The first-order chi connectivity index (χ1) is 28.3. The molecule has 0 radical (unpaired) electrons. The lowest BCUT2D eigenvalue weighted by Gasteiger charge is -2.36. The van der Waals surface area contributed by atoms with Gasteiger partial charge < -0.3 is 0 Å². The average molecular weight is 832 g/mol. The van der Waals surface area contributed by atoms with Gasteiger partial charge in [-0.25, -0.2) is 4.39 Å². The topological polar surface area (TPSA) is 12.4 Å². The van der Waals surface area contributed by atoms with E-state index in [-0.39, 0.29) is 11.2 Å². The Hall–Kier alpha value is -3.26. The number of aryl methyl sites for hydroxylation is 1. The third kappa shape index (κ3) is 29.1. The molecule has 0 amide bonds. The van der Waals surface area contributed by atoms with Gasteiger partial charge in [-0.1, -0.05) is 177 Å². The number of aliphatic imine (C=N–C) groups is 1. The molecule has 60 heavy (non-hydrogen) atoms. The molecule has 1 unspecified atom stereocenters. The number of allylic oxidation sites excluding steroid dienone is 9. The van der Waals surface area contributed by atoms with E-state index < -0.39 is 0 Å². The molecule has 0 spiro atoms. The number of unbranched alkanes of at least 4 members (excludes halogenated alkanes) is 1. The van der Waals surface area contributed by atoms with Gasteiger partial charge in [-0.05, 0) is 156 Å². The number of hydrogen-bond acceptors (Lipinski definition) is 1. The second-order valence-corrected chi connectivity index (χ2v) is 16.9. The van der Waals surface area contributed by atoms with E-state index in [4.69, 9.17) is 0 Å². The molecule has 0 heterocycles. The molecule has 2 fully saturated rings. The van der Waals surface area contributed by atoms with Gasteiger partial charge in [-0.2, -0.15) is 0 Å². The molecule has 1 nitrogen and oxygen atoms in total. The fourth-order valence-corrected chi connectivity index (χ4v) is 6.95. The lowest BCUT2D eigenvalue weighted by atomic mass is 9.68. The first-order valence-electron chi connectivity index (χ1n) is 23.7. The summed E-state index contributed by atoms with van der Waals surface area (Å²) >= 11 is 0. The Bertz CT molecular complexity index is 1390. The van der Waals surface area contributed by atoms with Crippen molar-refractivity contribution in [2.45, 2.75) is 208 Å². The quantitative estimate of drug-likeness (QED) is 0.0948. The van der Waals surface area contributed by atoms with Crippen LogP contribution in [-0.4, -0.2) is 6.21 Å². The summed E-state index contributed by atoms with van der Waals surface area (Å²) in [4.78, 5) is 4.56. The Labute approximate surface area is 377 Å². The summed E-state index contributed by atoms with van der Waals surface area (Å²) in [6.45, 7) is 62.1. The number of hydrogen-bond donors (Lipinski definition) is 0. The molecule has 0 bridgehead atoms. The molecule has 2 saturated carbocycles. The molecule has 1 aromatic rings. The molecule has 0 aliphatic heterocycles. The highest BCUT2D eigenvalue weighted by Crippen LogP contribution is 2.52. The van der Waals surface area contributed by atoms with Crippen molar-refractivity contribution in [1.82, 2.24) is 0 Å². The second-order valence-electron chi connectivity index (χ2n) is 16.9. The molecular formula is C58H102FN. The molecular weight excluding hydrogens is 730 g/mol. The number of rotatable bonds is 15. The van der Waals surface area contributed by atoms with Gasteiger partial charge in [0.1, 0.15) is 5.83 Å². The summed E-state index contributed by atoms with van der Waals surface area (Å²) in [5.74, 6) is 2.56. The Morgan fingerprint density at radius 2 is 1.40 bits per heavy atom. The van der Waals surface area contributed by atoms with Crippen molar-refractivity contribution in [1.29, 1.82) is 0 Å². The van der Waals surface area contributed by atoms with Crippen LogP contribution in [0.5, 0.6) is 0 Å². The van der Waals surface area contributed by atoms with E-state index in [1.54, 1.807) is 0 Å². The van der Waals surface area contributed by atoms with Crippen molar-refractivity contribution < 1.29 is 4.39 Å². The predicted molar refractivity (Wildman–Crippen MR) is 281 cm³/mol. The van der Waals surface area contributed by atoms with Gasteiger partial charge >= 0.3 is 0 Å². The van der Waals surface area contributed by atoms with Crippen LogP contribution in [-0.2, 0) is 5.41 Å². The van der Waals surface area contributed by atoms with Crippen LogP contribution in [0.15, 0.2) is 115 Å². The van der Waals surface area contributed by atoms with Gasteiger partial charge in [0.25, 0.3) is 0 Å². The van der Waals surface area contributed by atoms with Crippen molar-refractivity contribution in [3.8, 4) is 0 Å². The van der Waals surface area contributed by atoms with Crippen molar-refractivity contribution >= 4 is 11.8 Å². The Kier molecular flexibility index (Phi) is 43.7. The maximum atomic E-state index is 11.8. The zero-order chi connectivity index (χ0) is 48.1. The summed E-state index contributed by atoms with van der Waals surface area (Å²) < 4.78 is 11.8. The summed E-state index contributed by atoms with van der Waals surface area (Å²) in [7, 11) is 0. The molecule has 0 N–H and O–H groups in total. The lowest BCUT2D eigenvalue weighted by Crippen LogP contribution is -2.27. The smallest absolute Gasteiger partial charge is 0.122 e. The third-order valence-electron chi connectivity index (χ3n) is 10.8. The van der Waals surface area contributed by atoms with E-state index in [9.17, 15) is 4.39 Å². The zero-order valence-corrected chi connectivity index (χ0v) is 43.7. The van der Waals surface area contributed by atoms with Crippen LogP contribution in [0, 0.1) is 30.1 Å². The molecule has 2 heteroatoms. The maximum Gasteiger partial charge on any atom is 0.122 e. The van der Waals surface area contributed by atoms with Crippen LogP contribution in [0.4, 0.5) is 4.39 Å². The van der Waals surface area contributed by atoms with Crippen LogP contribution in [0.2, 0.25) is 0 Å². The summed E-state index contributed by atoms with van der Waals surface area (Å²) in [5.41, 5.74) is 10.4. The molecule has 2 aliphatic rings. The van der Waals surface area contributed by atoms with E-state index in [0.29, 0.717) is 0 Å². The highest BCUT2D eigenvalue weighted by atomic mass is 19.1. The van der Waals surface area contributed by atoms with Crippen LogP contribution in [0.3, 0.4) is 0 Å². The SMILES string of the molecule is C=C.C=C(/C=C(/N=CC)C(C)=C(C)C)c1ccc(C(CC)(CCC)C(=C)C)c(C)c1.C=C/C=C(/F)C=C.CC.CC.CC(C)C.CC1CC(C)C1.CCCCC1(CC)CC1. The second kappa shape index (κ2) is 39.9. The van der Waals surface area contributed by atoms with E-state index in [2.05, 4.69) is 166 Å². The summed E-state index contributed by atoms with van der Waals surface area (Å²) in [6.07, 6.45) is 22.8. The van der Waals surface area contributed by atoms with Gasteiger partial charge in [0.2, 0.25) is 0 Å². The maximum absolute atomic E-state index is 11.8. The average Bonchev–Trinajstić information content (AvgIpc) is 4.01. The van der Waals surface area contributed by atoms with Crippen LogP contribution >= 0.6 is 0 Å². The number of halogens is 1. The van der Waals surface area contributed by atoms with E-state index in [1.807, 2.05) is 40.8 Å². The summed E-state index contributed by atoms with van der Waals surface area (Å²) in [6, 6.07) is 6.76. The van der Waals surface area contributed by atoms with Crippen LogP contribution in [0.1, 0.15) is 212 Å². The minimum atomic E-state index is -0.352. The van der Waals surface area contributed by atoms with Crippen molar-refractivity contribution in [3.63, 3.8) is 0 Å². The molecule has 0 saturated heterocycles. The minimum Gasteiger partial charge on any atom is -0.261 e.